The minimum absolute atomic E-state index is 0.154. The quantitative estimate of drug-likeness (QED) is 0.659. The van der Waals surface area contributed by atoms with Crippen molar-refractivity contribution >= 4 is 27.5 Å². The normalized spacial score (nSPS) is 10.3. The molecule has 2 N–H and O–H groups in total. The number of nitrogens with one attached hydrogen (secondary N) is 2. The van der Waals surface area contributed by atoms with Gasteiger partial charge in [0.05, 0.1) is 4.92 Å². The van der Waals surface area contributed by atoms with E-state index >= 15 is 0 Å². The molecule has 20 heavy (non-hydrogen) atoms. The summed E-state index contributed by atoms with van der Waals surface area (Å²) in [6.45, 7) is 2.20. The van der Waals surface area contributed by atoms with Gasteiger partial charge < -0.3 is 5.32 Å². The Morgan fingerprint density at radius 2 is 2.30 bits per heavy atom. The van der Waals surface area contributed by atoms with Gasteiger partial charge in [-0.3, -0.25) is 20.0 Å². The molecule has 1 aromatic heterocycles. The molecule has 1 amide bonds. The van der Waals surface area contributed by atoms with E-state index in [9.17, 15) is 14.9 Å². The van der Waals surface area contributed by atoms with Gasteiger partial charge >= 0.3 is 5.69 Å². The van der Waals surface area contributed by atoms with Gasteiger partial charge in [0.1, 0.15) is 6.20 Å². The lowest BCUT2D eigenvalue weighted by Gasteiger charge is -2.08. The Morgan fingerprint density at radius 1 is 1.55 bits per heavy atom. The summed E-state index contributed by atoms with van der Waals surface area (Å²) in [5.41, 5.74) is 1.44. The Kier molecular flexibility index (Phi) is 4.14. The number of halogens is 1. The Hall–Kier alpha value is -2.22. The Labute approximate surface area is 122 Å². The summed E-state index contributed by atoms with van der Waals surface area (Å²) < 4.78 is 0.902. The summed E-state index contributed by atoms with van der Waals surface area (Å²) in [6, 6.07) is 5.67. The van der Waals surface area contributed by atoms with Gasteiger partial charge in [-0.05, 0) is 18.1 Å². The summed E-state index contributed by atoms with van der Waals surface area (Å²) in [4.78, 5) is 22.0. The van der Waals surface area contributed by atoms with Crippen LogP contribution in [-0.2, 0) is 6.54 Å². The lowest BCUT2D eigenvalue weighted by atomic mass is 10.1. The molecule has 0 spiro atoms. The van der Waals surface area contributed by atoms with Crippen LogP contribution in [0.5, 0.6) is 0 Å². The number of hydrogen-bond donors (Lipinski definition) is 2. The number of benzene rings is 1. The predicted molar refractivity (Wildman–Crippen MR) is 75.3 cm³/mol. The Balaban J connectivity index is 2.11. The molecule has 0 radical (unpaired) electrons. The third-order valence-corrected chi connectivity index (χ3v) is 3.89. The first-order chi connectivity index (χ1) is 9.50. The number of nitrogens with zero attached hydrogens (tertiary/aromatic N) is 2. The molecule has 0 bridgehead atoms. The van der Waals surface area contributed by atoms with Crippen LogP contribution >= 0.6 is 15.9 Å². The molecule has 0 fully saturated rings. The Bertz CT molecular complexity index is 668. The first-order valence-electron chi connectivity index (χ1n) is 5.70. The molecule has 1 aromatic carbocycles. The molecule has 8 heteroatoms. The van der Waals surface area contributed by atoms with Crippen molar-refractivity contribution in [2.24, 2.45) is 0 Å². The standard InChI is InChI=1S/C12H11BrN4O3/c1-7-3-2-4-8(10(7)13)5-14-12(18)11-9(17(19)20)6-15-16-11/h2-4,6H,5H2,1H3,(H,14,18)(H,15,16). The van der Waals surface area contributed by atoms with E-state index in [1.54, 1.807) is 0 Å². The molecule has 0 aliphatic carbocycles. The number of H-pyrrole nitrogens is 1. The van der Waals surface area contributed by atoms with E-state index in [1.165, 1.54) is 0 Å². The molecule has 0 saturated carbocycles. The molecular formula is C12H11BrN4O3. The van der Waals surface area contributed by atoms with Gasteiger partial charge in [0.25, 0.3) is 5.91 Å². The zero-order valence-corrected chi connectivity index (χ0v) is 12.1. The van der Waals surface area contributed by atoms with Crippen molar-refractivity contribution < 1.29 is 9.72 Å². The van der Waals surface area contributed by atoms with Crippen molar-refractivity contribution in [3.05, 3.63) is 55.8 Å². The highest BCUT2D eigenvalue weighted by Gasteiger charge is 2.22. The molecule has 0 atom stereocenters. The monoisotopic (exact) mass is 338 g/mol. The maximum Gasteiger partial charge on any atom is 0.319 e. The van der Waals surface area contributed by atoms with E-state index in [0.717, 1.165) is 21.8 Å². The molecule has 0 saturated heterocycles. The fourth-order valence-corrected chi connectivity index (χ4v) is 2.10. The number of hydrogen-bond acceptors (Lipinski definition) is 4. The number of nitro groups is 1. The summed E-state index contributed by atoms with van der Waals surface area (Å²) in [6.07, 6.45) is 1.01. The van der Waals surface area contributed by atoms with Crippen LogP contribution in [0.25, 0.3) is 0 Å². The summed E-state index contributed by atoms with van der Waals surface area (Å²) >= 11 is 3.44. The van der Waals surface area contributed by atoms with E-state index in [4.69, 9.17) is 0 Å². The zero-order chi connectivity index (χ0) is 14.7. The predicted octanol–water partition coefficient (Wildman–Crippen LogP) is 2.32. The molecule has 2 rings (SSSR count). The second-order valence-electron chi connectivity index (χ2n) is 4.12. The number of aryl methyl sites for hydroxylation is 1. The Morgan fingerprint density at radius 3 is 3.00 bits per heavy atom. The molecular weight excluding hydrogens is 328 g/mol. The number of carbonyl (C=O) groups is 1. The molecule has 0 unspecified atom stereocenters. The lowest BCUT2D eigenvalue weighted by molar-refractivity contribution is -0.385. The van der Waals surface area contributed by atoms with Crippen molar-refractivity contribution in [3.63, 3.8) is 0 Å². The lowest BCUT2D eigenvalue weighted by Crippen LogP contribution is -2.24. The average molecular weight is 339 g/mol. The first-order valence-corrected chi connectivity index (χ1v) is 6.50. The average Bonchev–Trinajstić information content (AvgIpc) is 2.89. The van der Waals surface area contributed by atoms with Crippen molar-refractivity contribution in [1.82, 2.24) is 15.5 Å². The minimum Gasteiger partial charge on any atom is -0.346 e. The van der Waals surface area contributed by atoms with E-state index in [-0.39, 0.29) is 17.9 Å². The first kappa shape index (κ1) is 14.2. The summed E-state index contributed by atoms with van der Waals surface area (Å²) in [5, 5.41) is 19.2. The van der Waals surface area contributed by atoms with Crippen LogP contribution in [0, 0.1) is 17.0 Å². The van der Waals surface area contributed by atoms with Crippen molar-refractivity contribution in [1.29, 1.82) is 0 Å². The topological polar surface area (TPSA) is 101 Å². The molecule has 104 valence electrons. The maximum absolute atomic E-state index is 11.9. The van der Waals surface area contributed by atoms with Crippen LogP contribution in [0.15, 0.2) is 28.9 Å². The summed E-state index contributed by atoms with van der Waals surface area (Å²) in [5.74, 6) is -0.567. The number of amides is 1. The van der Waals surface area contributed by atoms with Crippen LogP contribution < -0.4 is 5.32 Å². The van der Waals surface area contributed by atoms with Crippen LogP contribution in [0.4, 0.5) is 5.69 Å². The molecule has 2 aromatic rings. The van der Waals surface area contributed by atoms with Gasteiger partial charge in [0.2, 0.25) is 5.69 Å². The second-order valence-corrected chi connectivity index (χ2v) is 4.91. The SMILES string of the molecule is Cc1cccc(CNC(=O)c2[nH]ncc2[N+](=O)[O-])c1Br. The third kappa shape index (κ3) is 2.85. The van der Waals surface area contributed by atoms with Crippen LogP contribution in [-0.4, -0.2) is 21.0 Å². The highest BCUT2D eigenvalue weighted by molar-refractivity contribution is 9.10. The fraction of sp³-hybridized carbons (Fsp3) is 0.167. The smallest absolute Gasteiger partial charge is 0.319 e. The van der Waals surface area contributed by atoms with Crippen molar-refractivity contribution in [2.75, 3.05) is 0 Å². The highest BCUT2D eigenvalue weighted by Crippen LogP contribution is 2.21. The largest absolute Gasteiger partial charge is 0.346 e. The van der Waals surface area contributed by atoms with E-state index in [0.29, 0.717) is 0 Å². The van der Waals surface area contributed by atoms with Crippen LogP contribution in [0.2, 0.25) is 0 Å². The van der Waals surface area contributed by atoms with Crippen molar-refractivity contribution in [3.8, 4) is 0 Å². The van der Waals surface area contributed by atoms with Gasteiger partial charge in [0.15, 0.2) is 0 Å². The minimum atomic E-state index is -0.652. The highest BCUT2D eigenvalue weighted by atomic mass is 79.9. The molecule has 7 nitrogen and oxygen atoms in total. The number of aromatic amines is 1. The van der Waals surface area contributed by atoms with Gasteiger partial charge in [-0.25, -0.2) is 0 Å². The number of carbonyl (C=O) groups excluding carboxylic acids is 1. The second kappa shape index (κ2) is 5.83. The number of rotatable bonds is 4. The molecule has 0 aliphatic rings. The number of aromatic nitrogens is 2. The van der Waals surface area contributed by atoms with E-state index in [2.05, 4.69) is 31.4 Å². The molecule has 0 aliphatic heterocycles. The third-order valence-electron chi connectivity index (χ3n) is 2.75. The van der Waals surface area contributed by atoms with Crippen LogP contribution in [0.1, 0.15) is 21.6 Å². The zero-order valence-electron chi connectivity index (χ0n) is 10.5. The van der Waals surface area contributed by atoms with Gasteiger partial charge in [-0.15, -0.1) is 0 Å². The van der Waals surface area contributed by atoms with Gasteiger partial charge in [-0.1, -0.05) is 34.1 Å². The fourth-order valence-electron chi connectivity index (χ4n) is 1.69. The summed E-state index contributed by atoms with van der Waals surface area (Å²) in [7, 11) is 0. The van der Waals surface area contributed by atoms with Crippen LogP contribution in [0.3, 0.4) is 0 Å². The van der Waals surface area contributed by atoms with Crippen molar-refractivity contribution in [2.45, 2.75) is 13.5 Å². The van der Waals surface area contributed by atoms with E-state index in [1.807, 2.05) is 25.1 Å². The molecule has 1 heterocycles. The van der Waals surface area contributed by atoms with E-state index < -0.39 is 10.8 Å². The van der Waals surface area contributed by atoms with Gasteiger partial charge in [0, 0.05) is 11.0 Å². The van der Waals surface area contributed by atoms with Gasteiger partial charge in [-0.2, -0.15) is 5.10 Å². The maximum atomic E-state index is 11.9.